The summed E-state index contributed by atoms with van der Waals surface area (Å²) in [6.07, 6.45) is 2.67. The summed E-state index contributed by atoms with van der Waals surface area (Å²) < 4.78 is 1.93. The van der Waals surface area contributed by atoms with Gasteiger partial charge in [-0.3, -0.25) is 9.48 Å². The van der Waals surface area contributed by atoms with Crippen LogP contribution in [-0.2, 0) is 0 Å². The van der Waals surface area contributed by atoms with Crippen molar-refractivity contribution in [3.05, 3.63) is 17.5 Å². The molecule has 2 rings (SSSR count). The van der Waals surface area contributed by atoms with Crippen molar-refractivity contribution in [3.63, 3.8) is 0 Å². The number of hydrogen-bond donors (Lipinski definition) is 1. The van der Waals surface area contributed by atoms with E-state index in [4.69, 9.17) is 0 Å². The van der Waals surface area contributed by atoms with E-state index < -0.39 is 5.54 Å². The van der Waals surface area contributed by atoms with Gasteiger partial charge in [-0.2, -0.15) is 22.1 Å². The Hall–Kier alpha value is -1.48. The minimum absolute atomic E-state index is 0.244. The topological polar surface area (TPSA) is 70.7 Å². The molecule has 114 valence electrons. The van der Waals surface area contributed by atoms with Crippen molar-refractivity contribution in [1.29, 1.82) is 5.26 Å². The molecule has 0 aliphatic carbocycles. The number of carbonyl (C=O) groups is 1. The Morgan fingerprint density at radius 2 is 2.33 bits per heavy atom. The molecular formula is C15H22N4OS. The van der Waals surface area contributed by atoms with Crippen LogP contribution in [0, 0.1) is 18.3 Å². The smallest absolute Gasteiger partial charge is 0.273 e. The third-order valence-corrected chi connectivity index (χ3v) is 5.22. The van der Waals surface area contributed by atoms with Crippen molar-refractivity contribution in [1.82, 2.24) is 15.1 Å². The number of nitrogens with zero attached hydrogens (tertiary/aromatic N) is 3. The number of rotatable bonds is 5. The Labute approximate surface area is 130 Å². The zero-order valence-electron chi connectivity index (χ0n) is 12.8. The fraction of sp³-hybridized carbons (Fsp3) is 0.667. The van der Waals surface area contributed by atoms with E-state index in [9.17, 15) is 10.1 Å². The van der Waals surface area contributed by atoms with Gasteiger partial charge in [0, 0.05) is 11.4 Å². The second kappa shape index (κ2) is 6.52. The highest BCUT2D eigenvalue weighted by Crippen LogP contribution is 2.27. The first-order valence-electron chi connectivity index (χ1n) is 7.43. The van der Waals surface area contributed by atoms with Crippen LogP contribution in [-0.4, -0.2) is 32.7 Å². The fourth-order valence-electron chi connectivity index (χ4n) is 2.66. The number of nitriles is 1. The molecule has 0 unspecified atom stereocenters. The number of thioether (sulfide) groups is 1. The Bertz CT molecular complexity index is 551. The molecule has 5 nitrogen and oxygen atoms in total. The molecule has 21 heavy (non-hydrogen) atoms. The minimum atomic E-state index is -0.728. The summed E-state index contributed by atoms with van der Waals surface area (Å²) in [6.45, 7) is 6.21. The lowest BCUT2D eigenvalue weighted by Gasteiger charge is -2.20. The third kappa shape index (κ3) is 3.24. The maximum atomic E-state index is 12.4. The van der Waals surface area contributed by atoms with E-state index >= 15 is 0 Å². The van der Waals surface area contributed by atoms with Crippen LogP contribution >= 0.6 is 11.8 Å². The van der Waals surface area contributed by atoms with Crippen LogP contribution in [0.5, 0.6) is 0 Å². The van der Waals surface area contributed by atoms with Crippen LogP contribution in [0.2, 0.25) is 0 Å². The van der Waals surface area contributed by atoms with Crippen LogP contribution in [0.4, 0.5) is 0 Å². The van der Waals surface area contributed by atoms with Gasteiger partial charge < -0.3 is 5.32 Å². The number of hydrogen-bond acceptors (Lipinski definition) is 4. The Kier molecular flexibility index (Phi) is 4.94. The van der Waals surface area contributed by atoms with Gasteiger partial charge in [-0.1, -0.05) is 13.8 Å². The maximum absolute atomic E-state index is 12.4. The average Bonchev–Trinajstić information content (AvgIpc) is 3.09. The van der Waals surface area contributed by atoms with E-state index in [1.807, 2.05) is 11.6 Å². The quantitative estimate of drug-likeness (QED) is 0.908. The average molecular weight is 306 g/mol. The van der Waals surface area contributed by atoms with E-state index in [0.29, 0.717) is 23.9 Å². The summed E-state index contributed by atoms with van der Waals surface area (Å²) in [4.78, 5) is 12.4. The largest absolute Gasteiger partial charge is 0.332 e. The number of aryl methyl sites for hydroxylation is 1. The van der Waals surface area contributed by atoms with E-state index in [1.54, 1.807) is 17.8 Å². The molecule has 1 aliphatic heterocycles. The van der Waals surface area contributed by atoms with Gasteiger partial charge >= 0.3 is 0 Å². The zero-order valence-corrected chi connectivity index (χ0v) is 13.7. The molecule has 1 aliphatic rings. The lowest BCUT2D eigenvalue weighted by atomic mass is 10.0. The van der Waals surface area contributed by atoms with E-state index in [2.05, 4.69) is 30.3 Å². The van der Waals surface area contributed by atoms with Crippen molar-refractivity contribution in [2.24, 2.45) is 0 Å². The summed E-state index contributed by atoms with van der Waals surface area (Å²) in [6, 6.07) is 4.38. The van der Waals surface area contributed by atoms with Crippen molar-refractivity contribution in [2.45, 2.75) is 51.6 Å². The number of amides is 1. The number of nitrogens with one attached hydrogen (secondary N) is 1. The SMILES string of the molecule is CCC(CC)n1nc(C(=O)N[C@]2(C#N)CCSC2)cc1C. The van der Waals surface area contributed by atoms with Crippen LogP contribution in [0.1, 0.15) is 55.3 Å². The second-order valence-corrected chi connectivity index (χ2v) is 6.64. The lowest BCUT2D eigenvalue weighted by molar-refractivity contribution is 0.0919. The predicted molar refractivity (Wildman–Crippen MR) is 84.3 cm³/mol. The van der Waals surface area contributed by atoms with Crippen LogP contribution in [0.25, 0.3) is 0 Å². The van der Waals surface area contributed by atoms with Crippen LogP contribution in [0.3, 0.4) is 0 Å². The minimum Gasteiger partial charge on any atom is -0.332 e. The van der Waals surface area contributed by atoms with Gasteiger partial charge in [-0.15, -0.1) is 0 Å². The lowest BCUT2D eigenvalue weighted by Crippen LogP contribution is -2.47. The normalized spacial score (nSPS) is 21.5. The molecule has 1 fully saturated rings. The number of carbonyl (C=O) groups excluding carboxylic acids is 1. The fourth-order valence-corrected chi connectivity index (χ4v) is 3.93. The monoisotopic (exact) mass is 306 g/mol. The highest BCUT2D eigenvalue weighted by Gasteiger charge is 2.36. The van der Waals surface area contributed by atoms with Crippen molar-refractivity contribution in [2.75, 3.05) is 11.5 Å². The first-order valence-corrected chi connectivity index (χ1v) is 8.58. The molecule has 0 radical (unpaired) electrons. The van der Waals surface area contributed by atoms with Gasteiger partial charge in [-0.25, -0.2) is 0 Å². The van der Waals surface area contributed by atoms with Crippen molar-refractivity contribution >= 4 is 17.7 Å². The van der Waals surface area contributed by atoms with Gasteiger partial charge in [0.15, 0.2) is 0 Å². The Balaban J connectivity index is 2.17. The molecule has 0 spiro atoms. The molecule has 0 aromatic carbocycles. The third-order valence-electron chi connectivity index (χ3n) is 4.03. The Morgan fingerprint density at radius 1 is 1.62 bits per heavy atom. The highest BCUT2D eigenvalue weighted by atomic mass is 32.2. The molecule has 2 heterocycles. The molecule has 1 aromatic heterocycles. The first-order chi connectivity index (χ1) is 10.0. The summed E-state index contributed by atoms with van der Waals surface area (Å²) in [5, 5.41) is 16.7. The standard InChI is InChI=1S/C15H22N4OS/c1-4-12(5-2)19-11(3)8-13(18-19)14(20)17-15(9-16)6-7-21-10-15/h8,12H,4-7,10H2,1-3H3,(H,17,20)/t15-/m0/s1. The van der Waals surface area contributed by atoms with Crippen molar-refractivity contribution in [3.8, 4) is 6.07 Å². The molecule has 1 amide bonds. The van der Waals surface area contributed by atoms with Gasteiger partial charge in [0.25, 0.3) is 5.91 Å². The predicted octanol–water partition coefficient (Wildman–Crippen LogP) is 2.68. The molecule has 0 saturated carbocycles. The van der Waals surface area contributed by atoms with Gasteiger partial charge in [0.2, 0.25) is 0 Å². The summed E-state index contributed by atoms with van der Waals surface area (Å²) >= 11 is 1.70. The zero-order chi connectivity index (χ0) is 15.5. The first kappa shape index (κ1) is 15.9. The number of aromatic nitrogens is 2. The Morgan fingerprint density at radius 3 is 2.86 bits per heavy atom. The van der Waals surface area contributed by atoms with Gasteiger partial charge in [-0.05, 0) is 38.0 Å². The molecular weight excluding hydrogens is 284 g/mol. The maximum Gasteiger partial charge on any atom is 0.273 e. The molecule has 1 N–H and O–H groups in total. The summed E-state index contributed by atoms with van der Waals surface area (Å²) in [5.74, 6) is 1.32. The van der Waals surface area contributed by atoms with Crippen LogP contribution < -0.4 is 5.32 Å². The summed E-state index contributed by atoms with van der Waals surface area (Å²) in [7, 11) is 0. The van der Waals surface area contributed by atoms with E-state index in [-0.39, 0.29) is 5.91 Å². The van der Waals surface area contributed by atoms with E-state index in [0.717, 1.165) is 24.3 Å². The highest BCUT2D eigenvalue weighted by molar-refractivity contribution is 7.99. The van der Waals surface area contributed by atoms with E-state index in [1.165, 1.54) is 0 Å². The second-order valence-electron chi connectivity index (χ2n) is 5.54. The molecule has 1 aromatic rings. The molecule has 1 atom stereocenters. The molecule has 6 heteroatoms. The van der Waals surface area contributed by atoms with Crippen LogP contribution in [0.15, 0.2) is 6.07 Å². The van der Waals surface area contributed by atoms with Crippen molar-refractivity contribution < 1.29 is 4.79 Å². The van der Waals surface area contributed by atoms with Gasteiger partial charge in [0.05, 0.1) is 12.1 Å². The molecule has 1 saturated heterocycles. The summed E-state index contributed by atoms with van der Waals surface area (Å²) in [5.41, 5.74) is 0.667. The molecule has 0 bridgehead atoms. The van der Waals surface area contributed by atoms with Gasteiger partial charge in [0.1, 0.15) is 11.2 Å².